The molecule has 0 aliphatic carbocycles. The summed E-state index contributed by atoms with van der Waals surface area (Å²) in [6, 6.07) is 6.71. The van der Waals surface area contributed by atoms with Crippen LogP contribution in [-0.2, 0) is 4.79 Å². The van der Waals surface area contributed by atoms with Crippen molar-refractivity contribution in [3.05, 3.63) is 45.5 Å². The number of nitrogens with one attached hydrogen (secondary N) is 1. The Morgan fingerprint density at radius 2 is 1.96 bits per heavy atom. The molecule has 1 aliphatic heterocycles. The molecule has 0 atom stereocenters. The van der Waals surface area contributed by atoms with Crippen LogP contribution in [0.15, 0.2) is 34.9 Å². The lowest BCUT2D eigenvalue weighted by molar-refractivity contribution is -0.122. The van der Waals surface area contributed by atoms with E-state index in [2.05, 4.69) is 5.32 Å². The monoisotopic (exact) mass is 394 g/mol. The molecule has 0 spiro atoms. The van der Waals surface area contributed by atoms with Gasteiger partial charge in [-0.25, -0.2) is 0 Å². The van der Waals surface area contributed by atoms with Gasteiger partial charge in [0.25, 0.3) is 5.91 Å². The number of hydrogen-bond acceptors (Lipinski definition) is 5. The molecule has 3 rings (SSSR count). The lowest BCUT2D eigenvalue weighted by Gasteiger charge is -2.31. The van der Waals surface area contributed by atoms with Gasteiger partial charge in [-0.1, -0.05) is 11.6 Å². The highest BCUT2D eigenvalue weighted by molar-refractivity contribution is 7.18. The first-order chi connectivity index (χ1) is 12.5. The summed E-state index contributed by atoms with van der Waals surface area (Å²) in [5.74, 6) is -0.00705. The molecule has 138 valence electrons. The zero-order chi connectivity index (χ0) is 18.5. The highest BCUT2D eigenvalue weighted by Gasteiger charge is 2.25. The lowest BCUT2D eigenvalue weighted by Crippen LogP contribution is -2.46. The van der Waals surface area contributed by atoms with E-state index in [1.165, 1.54) is 17.6 Å². The molecule has 26 heavy (non-hydrogen) atoms. The summed E-state index contributed by atoms with van der Waals surface area (Å²) in [4.78, 5) is 38.6. The molecule has 3 heterocycles. The predicted molar refractivity (Wildman–Crippen MR) is 98.7 cm³/mol. The molecular formula is C18H19ClN2O4S. The Morgan fingerprint density at radius 3 is 2.58 bits per heavy atom. The summed E-state index contributed by atoms with van der Waals surface area (Å²) in [6.07, 6.45) is 3.17. The molecule has 1 fully saturated rings. The average molecular weight is 395 g/mol. The van der Waals surface area contributed by atoms with E-state index in [4.69, 9.17) is 16.0 Å². The molecule has 0 bridgehead atoms. The minimum absolute atomic E-state index is 0.0226. The highest BCUT2D eigenvalue weighted by atomic mass is 35.5. The van der Waals surface area contributed by atoms with Gasteiger partial charge in [-0.05, 0) is 37.1 Å². The fraction of sp³-hybridized carbons (Fsp3) is 0.389. The quantitative estimate of drug-likeness (QED) is 0.761. The second-order valence-electron chi connectivity index (χ2n) is 6.14. The van der Waals surface area contributed by atoms with Gasteiger partial charge in [0.15, 0.2) is 11.5 Å². The maximum absolute atomic E-state index is 12.2. The smallest absolute Gasteiger partial charge is 0.289 e. The number of carbonyl (C=O) groups is 3. The van der Waals surface area contributed by atoms with E-state index in [9.17, 15) is 14.4 Å². The van der Waals surface area contributed by atoms with Crippen molar-refractivity contribution in [1.29, 1.82) is 0 Å². The van der Waals surface area contributed by atoms with E-state index < -0.39 is 0 Å². The number of likely N-dealkylation sites (tertiary alicyclic amines) is 1. The van der Waals surface area contributed by atoms with Crippen LogP contribution in [0.3, 0.4) is 0 Å². The first kappa shape index (κ1) is 18.7. The molecule has 2 amide bonds. The van der Waals surface area contributed by atoms with E-state index in [1.54, 1.807) is 29.2 Å². The topological polar surface area (TPSA) is 79.6 Å². The molecule has 2 aromatic rings. The van der Waals surface area contributed by atoms with Crippen molar-refractivity contribution in [3.63, 3.8) is 0 Å². The van der Waals surface area contributed by atoms with Crippen molar-refractivity contribution < 1.29 is 18.8 Å². The van der Waals surface area contributed by atoms with Crippen LogP contribution in [0.4, 0.5) is 0 Å². The normalized spacial score (nSPS) is 15.0. The Morgan fingerprint density at radius 1 is 1.19 bits per heavy atom. The van der Waals surface area contributed by atoms with E-state index in [-0.39, 0.29) is 36.5 Å². The summed E-state index contributed by atoms with van der Waals surface area (Å²) in [6.45, 7) is 1.13. The third-order valence-electron chi connectivity index (χ3n) is 4.31. The number of Topliss-reactive ketones (excluding diaryl/α,β-unsaturated/α-hetero) is 1. The van der Waals surface area contributed by atoms with Crippen molar-refractivity contribution in [2.24, 2.45) is 0 Å². The van der Waals surface area contributed by atoms with Gasteiger partial charge in [-0.15, -0.1) is 11.3 Å². The third-order valence-corrected chi connectivity index (χ3v) is 5.58. The second-order valence-corrected chi connectivity index (χ2v) is 7.85. The molecule has 1 aliphatic rings. The predicted octanol–water partition coefficient (Wildman–Crippen LogP) is 3.38. The number of thiophene rings is 1. The van der Waals surface area contributed by atoms with Crippen LogP contribution in [0.5, 0.6) is 0 Å². The summed E-state index contributed by atoms with van der Waals surface area (Å²) >= 11 is 7.04. The molecule has 0 aromatic carbocycles. The number of ketones is 1. The Balaban J connectivity index is 1.39. The summed E-state index contributed by atoms with van der Waals surface area (Å²) in [7, 11) is 0. The number of nitrogens with zero attached hydrogens (tertiary/aromatic N) is 1. The van der Waals surface area contributed by atoms with Gasteiger partial charge < -0.3 is 14.6 Å². The van der Waals surface area contributed by atoms with E-state index in [1.807, 2.05) is 0 Å². The summed E-state index contributed by atoms with van der Waals surface area (Å²) in [5, 5.41) is 2.95. The number of rotatable bonds is 6. The SMILES string of the molecule is O=C(CCC(=O)c1ccc(Cl)s1)NC1CCN(C(=O)c2ccco2)CC1. The van der Waals surface area contributed by atoms with E-state index >= 15 is 0 Å². The van der Waals surface area contributed by atoms with Crippen LogP contribution in [0.25, 0.3) is 0 Å². The minimum atomic E-state index is -0.142. The van der Waals surface area contributed by atoms with Crippen LogP contribution in [-0.4, -0.2) is 41.6 Å². The number of amides is 2. The van der Waals surface area contributed by atoms with Crippen LogP contribution >= 0.6 is 22.9 Å². The minimum Gasteiger partial charge on any atom is -0.459 e. The molecule has 0 radical (unpaired) electrons. The van der Waals surface area contributed by atoms with Crippen LogP contribution < -0.4 is 5.32 Å². The molecule has 1 saturated heterocycles. The van der Waals surface area contributed by atoms with Crippen molar-refractivity contribution in [3.8, 4) is 0 Å². The van der Waals surface area contributed by atoms with Gasteiger partial charge in [0, 0.05) is 32.0 Å². The molecule has 6 nitrogen and oxygen atoms in total. The lowest BCUT2D eigenvalue weighted by atomic mass is 10.0. The van der Waals surface area contributed by atoms with Gasteiger partial charge in [0.2, 0.25) is 5.91 Å². The van der Waals surface area contributed by atoms with Crippen molar-refractivity contribution in [1.82, 2.24) is 10.2 Å². The van der Waals surface area contributed by atoms with Crippen LogP contribution in [0.2, 0.25) is 4.34 Å². The van der Waals surface area contributed by atoms with Gasteiger partial charge >= 0.3 is 0 Å². The van der Waals surface area contributed by atoms with E-state index in [0.717, 1.165) is 0 Å². The first-order valence-corrected chi connectivity index (χ1v) is 9.63. The number of halogens is 1. The standard InChI is InChI=1S/C18H19ClN2O4S/c19-16-5-4-15(26-16)13(22)3-6-17(23)20-12-7-9-21(10-8-12)18(24)14-2-1-11-25-14/h1-2,4-5,11-12H,3,6-10H2,(H,20,23). The van der Waals surface area contributed by atoms with Crippen molar-refractivity contribution in [2.75, 3.05) is 13.1 Å². The highest BCUT2D eigenvalue weighted by Crippen LogP contribution is 2.23. The van der Waals surface area contributed by atoms with Gasteiger partial charge in [-0.2, -0.15) is 0 Å². The summed E-state index contributed by atoms with van der Waals surface area (Å²) < 4.78 is 5.70. The Hall–Kier alpha value is -2.12. The maximum Gasteiger partial charge on any atom is 0.289 e. The average Bonchev–Trinajstić information content (AvgIpc) is 3.31. The summed E-state index contributed by atoms with van der Waals surface area (Å²) in [5.41, 5.74) is 0. The second kappa shape index (κ2) is 8.51. The number of carbonyl (C=O) groups excluding carboxylic acids is 3. The Bertz CT molecular complexity index is 779. The van der Waals surface area contributed by atoms with Gasteiger partial charge in [0.05, 0.1) is 15.5 Å². The molecular weight excluding hydrogens is 376 g/mol. The van der Waals surface area contributed by atoms with Gasteiger partial charge in [0.1, 0.15) is 0 Å². The largest absolute Gasteiger partial charge is 0.459 e. The fourth-order valence-electron chi connectivity index (χ4n) is 2.90. The van der Waals surface area contributed by atoms with Gasteiger partial charge in [-0.3, -0.25) is 14.4 Å². The van der Waals surface area contributed by atoms with E-state index in [0.29, 0.717) is 40.9 Å². The fourth-order valence-corrected chi connectivity index (χ4v) is 3.91. The first-order valence-electron chi connectivity index (χ1n) is 8.43. The number of furan rings is 1. The Kier molecular flexibility index (Phi) is 6.11. The molecule has 0 unspecified atom stereocenters. The number of piperidine rings is 1. The maximum atomic E-state index is 12.2. The zero-order valence-corrected chi connectivity index (χ0v) is 15.6. The number of hydrogen-bond donors (Lipinski definition) is 1. The molecule has 2 aromatic heterocycles. The Labute approximate surface area is 160 Å². The van der Waals surface area contributed by atoms with Crippen LogP contribution in [0.1, 0.15) is 45.9 Å². The molecule has 0 saturated carbocycles. The van der Waals surface area contributed by atoms with Crippen LogP contribution in [0, 0.1) is 0 Å². The third kappa shape index (κ3) is 4.74. The molecule has 8 heteroatoms. The van der Waals surface area contributed by atoms with Crippen molar-refractivity contribution >= 4 is 40.5 Å². The van der Waals surface area contributed by atoms with Crippen molar-refractivity contribution in [2.45, 2.75) is 31.7 Å². The molecule has 1 N–H and O–H groups in total. The zero-order valence-electron chi connectivity index (χ0n) is 14.1.